The van der Waals surface area contributed by atoms with Crippen molar-refractivity contribution in [2.45, 2.75) is 39.7 Å². The summed E-state index contributed by atoms with van der Waals surface area (Å²) in [6.45, 7) is 6.06. The number of aryl methyl sites for hydroxylation is 2. The quantitative estimate of drug-likeness (QED) is 0.600. The predicted octanol–water partition coefficient (Wildman–Crippen LogP) is 2.83. The number of hydrogen-bond donors (Lipinski definition) is 1. The maximum absolute atomic E-state index is 6.32. The lowest BCUT2D eigenvalue weighted by Gasteiger charge is -2.01. The van der Waals surface area contributed by atoms with E-state index in [9.17, 15) is 0 Å². The Morgan fingerprint density at radius 1 is 1.35 bits per heavy atom. The Morgan fingerprint density at radius 3 is 2.71 bits per heavy atom. The highest BCUT2D eigenvalue weighted by molar-refractivity contribution is 6.31. The molecule has 0 amide bonds. The highest BCUT2D eigenvalue weighted by atomic mass is 35.5. The molecule has 1 aromatic heterocycles. The van der Waals surface area contributed by atoms with E-state index in [1.54, 1.807) is 0 Å². The Labute approximate surface area is 109 Å². The van der Waals surface area contributed by atoms with Crippen LogP contribution in [0.5, 0.6) is 0 Å². The molecular weight excluding hydrogens is 234 g/mol. The minimum atomic E-state index is 0.840. The summed E-state index contributed by atoms with van der Waals surface area (Å²) in [6, 6.07) is 0. The summed E-state index contributed by atoms with van der Waals surface area (Å²) in [5, 5.41) is 8.46. The van der Waals surface area contributed by atoms with Crippen LogP contribution in [0.1, 0.15) is 31.7 Å². The van der Waals surface area contributed by atoms with Gasteiger partial charge in [-0.3, -0.25) is 4.68 Å². The zero-order valence-corrected chi connectivity index (χ0v) is 11.7. The van der Waals surface area contributed by atoms with Gasteiger partial charge in [0, 0.05) is 13.0 Å². The van der Waals surface area contributed by atoms with Crippen LogP contribution >= 0.6 is 11.6 Å². The van der Waals surface area contributed by atoms with E-state index in [-0.39, 0.29) is 0 Å². The molecule has 3 nitrogen and oxygen atoms in total. The minimum absolute atomic E-state index is 0.840. The molecule has 1 aromatic rings. The molecule has 0 aliphatic heterocycles. The number of nitrogens with zero attached hydrogens (tertiary/aromatic N) is 2. The average molecular weight is 256 g/mol. The monoisotopic (exact) mass is 255 g/mol. The van der Waals surface area contributed by atoms with E-state index in [1.165, 1.54) is 0 Å². The van der Waals surface area contributed by atoms with Crippen molar-refractivity contribution in [1.82, 2.24) is 15.1 Å². The highest BCUT2D eigenvalue weighted by Crippen LogP contribution is 2.22. The van der Waals surface area contributed by atoms with Crippen LogP contribution in [0.15, 0.2) is 12.2 Å². The maximum Gasteiger partial charge on any atom is 0.0853 e. The molecule has 96 valence electrons. The number of halogens is 1. The third-order valence-electron chi connectivity index (χ3n) is 2.73. The molecule has 0 spiro atoms. The summed E-state index contributed by atoms with van der Waals surface area (Å²) < 4.78 is 2.00. The lowest BCUT2D eigenvalue weighted by atomic mass is 10.2. The molecule has 0 aromatic carbocycles. The van der Waals surface area contributed by atoms with Crippen molar-refractivity contribution in [3.05, 3.63) is 28.6 Å². The molecule has 4 heteroatoms. The SMILES string of the molecule is CCc1nn(CC)c(CC=CCCNC)c1Cl. The van der Waals surface area contributed by atoms with Crippen LogP contribution in [0.4, 0.5) is 0 Å². The van der Waals surface area contributed by atoms with E-state index in [4.69, 9.17) is 11.6 Å². The summed E-state index contributed by atoms with van der Waals surface area (Å²) in [5.74, 6) is 0. The molecule has 0 atom stereocenters. The first-order chi connectivity index (χ1) is 8.24. The molecule has 0 fully saturated rings. The molecule has 0 saturated carbocycles. The fourth-order valence-corrected chi connectivity index (χ4v) is 2.10. The van der Waals surface area contributed by atoms with Crippen LogP contribution < -0.4 is 5.32 Å². The third-order valence-corrected chi connectivity index (χ3v) is 3.17. The van der Waals surface area contributed by atoms with Crippen molar-refractivity contribution in [3.8, 4) is 0 Å². The highest BCUT2D eigenvalue weighted by Gasteiger charge is 2.12. The van der Waals surface area contributed by atoms with Gasteiger partial charge in [-0.1, -0.05) is 30.7 Å². The van der Waals surface area contributed by atoms with Gasteiger partial charge in [-0.15, -0.1) is 0 Å². The van der Waals surface area contributed by atoms with Gasteiger partial charge in [-0.25, -0.2) is 0 Å². The zero-order chi connectivity index (χ0) is 12.7. The van der Waals surface area contributed by atoms with E-state index in [0.29, 0.717) is 0 Å². The molecular formula is C13H22ClN3. The van der Waals surface area contributed by atoms with Gasteiger partial charge in [0.15, 0.2) is 0 Å². The summed E-state index contributed by atoms with van der Waals surface area (Å²) in [7, 11) is 1.96. The Hall–Kier alpha value is -0.800. The summed E-state index contributed by atoms with van der Waals surface area (Å²) >= 11 is 6.32. The second-order valence-electron chi connectivity index (χ2n) is 3.94. The van der Waals surface area contributed by atoms with Crippen molar-refractivity contribution < 1.29 is 0 Å². The van der Waals surface area contributed by atoms with Crippen LogP contribution in [0, 0.1) is 0 Å². The van der Waals surface area contributed by atoms with Crippen LogP contribution in [0.3, 0.4) is 0 Å². The molecule has 0 aliphatic rings. The standard InChI is InChI=1S/C13H22ClN3/c1-4-11-13(14)12(17(5-2)16-11)9-7-6-8-10-15-3/h6-7,15H,4-5,8-10H2,1-3H3. The molecule has 1 N–H and O–H groups in total. The van der Waals surface area contributed by atoms with Gasteiger partial charge in [-0.05, 0) is 33.4 Å². The van der Waals surface area contributed by atoms with Crippen molar-refractivity contribution in [1.29, 1.82) is 0 Å². The van der Waals surface area contributed by atoms with E-state index in [1.807, 2.05) is 11.7 Å². The summed E-state index contributed by atoms with van der Waals surface area (Å²) in [6.07, 6.45) is 7.16. The number of allylic oxidation sites excluding steroid dienone is 1. The Bertz CT molecular complexity index is 369. The lowest BCUT2D eigenvalue weighted by molar-refractivity contribution is 0.623. The number of hydrogen-bond acceptors (Lipinski definition) is 2. The fourth-order valence-electron chi connectivity index (χ4n) is 1.75. The number of nitrogens with one attached hydrogen (secondary N) is 1. The fraction of sp³-hybridized carbons (Fsp3) is 0.615. The van der Waals surface area contributed by atoms with Crippen molar-refractivity contribution >= 4 is 11.6 Å². The minimum Gasteiger partial charge on any atom is -0.319 e. The molecule has 0 aliphatic carbocycles. The first kappa shape index (κ1) is 14.3. The topological polar surface area (TPSA) is 29.9 Å². The van der Waals surface area contributed by atoms with E-state index >= 15 is 0 Å². The zero-order valence-electron chi connectivity index (χ0n) is 11.0. The second kappa shape index (κ2) is 7.51. The van der Waals surface area contributed by atoms with Crippen LogP contribution in [0.25, 0.3) is 0 Å². The van der Waals surface area contributed by atoms with Crippen LogP contribution in [-0.2, 0) is 19.4 Å². The van der Waals surface area contributed by atoms with E-state index in [2.05, 4.69) is 36.4 Å². The average Bonchev–Trinajstić information content (AvgIpc) is 2.65. The lowest BCUT2D eigenvalue weighted by Crippen LogP contribution is -2.06. The summed E-state index contributed by atoms with van der Waals surface area (Å²) in [4.78, 5) is 0. The molecule has 1 heterocycles. The van der Waals surface area contributed by atoms with Crippen LogP contribution in [0.2, 0.25) is 5.02 Å². The number of rotatable bonds is 7. The Morgan fingerprint density at radius 2 is 2.12 bits per heavy atom. The van der Waals surface area contributed by atoms with E-state index in [0.717, 1.165) is 48.8 Å². The van der Waals surface area contributed by atoms with Crippen molar-refractivity contribution in [3.63, 3.8) is 0 Å². The smallest absolute Gasteiger partial charge is 0.0853 e. The first-order valence-corrected chi connectivity index (χ1v) is 6.66. The van der Waals surface area contributed by atoms with Gasteiger partial charge >= 0.3 is 0 Å². The van der Waals surface area contributed by atoms with Gasteiger partial charge in [0.25, 0.3) is 0 Å². The molecule has 0 bridgehead atoms. The van der Waals surface area contributed by atoms with Crippen molar-refractivity contribution in [2.75, 3.05) is 13.6 Å². The van der Waals surface area contributed by atoms with Crippen molar-refractivity contribution in [2.24, 2.45) is 0 Å². The molecule has 1 rings (SSSR count). The molecule has 0 saturated heterocycles. The first-order valence-electron chi connectivity index (χ1n) is 6.28. The Balaban J connectivity index is 2.69. The van der Waals surface area contributed by atoms with Gasteiger partial charge in [0.1, 0.15) is 0 Å². The number of aromatic nitrogens is 2. The van der Waals surface area contributed by atoms with Crippen LogP contribution in [-0.4, -0.2) is 23.4 Å². The molecule has 0 radical (unpaired) electrons. The normalized spacial score (nSPS) is 11.5. The second-order valence-corrected chi connectivity index (χ2v) is 4.32. The van der Waals surface area contributed by atoms with Gasteiger partial charge < -0.3 is 5.32 Å². The molecule has 17 heavy (non-hydrogen) atoms. The summed E-state index contributed by atoms with van der Waals surface area (Å²) in [5.41, 5.74) is 2.14. The predicted molar refractivity (Wildman–Crippen MR) is 73.7 cm³/mol. The largest absolute Gasteiger partial charge is 0.319 e. The van der Waals surface area contributed by atoms with E-state index < -0.39 is 0 Å². The molecule has 0 unspecified atom stereocenters. The third kappa shape index (κ3) is 3.86. The van der Waals surface area contributed by atoms with Gasteiger partial charge in [-0.2, -0.15) is 5.10 Å². The van der Waals surface area contributed by atoms with Gasteiger partial charge in [0.2, 0.25) is 0 Å². The maximum atomic E-state index is 6.32. The Kier molecular flexibility index (Phi) is 6.30. The van der Waals surface area contributed by atoms with Gasteiger partial charge in [0.05, 0.1) is 16.4 Å².